The number of nitrogens with one attached hydrogen (secondary N) is 1. The largest absolute Gasteiger partial charge is 0.497 e. The van der Waals surface area contributed by atoms with E-state index in [0.717, 1.165) is 30.7 Å². The van der Waals surface area contributed by atoms with Gasteiger partial charge in [-0.25, -0.2) is 0 Å². The molecule has 1 aromatic carbocycles. The Kier molecular flexibility index (Phi) is 5.20. The van der Waals surface area contributed by atoms with Crippen LogP contribution in [0.15, 0.2) is 24.3 Å². The second-order valence-corrected chi connectivity index (χ2v) is 5.79. The van der Waals surface area contributed by atoms with Crippen LogP contribution in [0.3, 0.4) is 0 Å². The van der Waals surface area contributed by atoms with Crippen LogP contribution in [0.5, 0.6) is 5.75 Å². The Morgan fingerprint density at radius 1 is 1.48 bits per heavy atom. The number of ether oxygens (including phenoxy) is 1. The number of likely N-dealkylation sites (N-methyl/N-ethyl adjacent to an activating group) is 1. The Balaban J connectivity index is 2.01. The number of rotatable bonds is 7. The Hall–Kier alpha value is -1.59. The molecule has 1 aliphatic rings. The van der Waals surface area contributed by atoms with Crippen molar-refractivity contribution in [2.75, 3.05) is 27.7 Å². The van der Waals surface area contributed by atoms with Crippen LogP contribution in [-0.2, 0) is 4.79 Å². The smallest absolute Gasteiger partial charge is 0.308 e. The Bertz CT molecular complexity index is 490. The normalized spacial score (nSPS) is 22.7. The lowest BCUT2D eigenvalue weighted by Crippen LogP contribution is -2.49. The van der Waals surface area contributed by atoms with E-state index in [2.05, 4.69) is 16.3 Å². The number of carboxylic acid groups (broad SMARTS) is 1. The molecule has 3 unspecified atom stereocenters. The fourth-order valence-electron chi connectivity index (χ4n) is 2.75. The monoisotopic (exact) mass is 292 g/mol. The zero-order valence-corrected chi connectivity index (χ0v) is 12.9. The van der Waals surface area contributed by atoms with Crippen molar-refractivity contribution in [1.82, 2.24) is 10.2 Å². The molecular weight excluding hydrogens is 268 g/mol. The summed E-state index contributed by atoms with van der Waals surface area (Å²) in [6.45, 7) is 0.731. The van der Waals surface area contributed by atoms with Gasteiger partial charge in [0.15, 0.2) is 0 Å². The SMILES string of the molecule is COc1cccc(C(CNC2CCC2C(=O)O)N(C)C)c1. The zero-order chi connectivity index (χ0) is 15.4. The van der Waals surface area contributed by atoms with Gasteiger partial charge in [-0.05, 0) is 44.6 Å². The van der Waals surface area contributed by atoms with Crippen molar-refractivity contribution >= 4 is 5.97 Å². The fraction of sp³-hybridized carbons (Fsp3) is 0.562. The van der Waals surface area contributed by atoms with E-state index in [-0.39, 0.29) is 18.0 Å². The minimum absolute atomic E-state index is 0.0931. The maximum atomic E-state index is 11.1. The third-order valence-corrected chi connectivity index (χ3v) is 4.27. The summed E-state index contributed by atoms with van der Waals surface area (Å²) in [6, 6.07) is 8.29. The first-order valence-corrected chi connectivity index (χ1v) is 7.29. The molecule has 0 amide bonds. The molecule has 0 radical (unpaired) electrons. The summed E-state index contributed by atoms with van der Waals surface area (Å²) in [5.41, 5.74) is 1.16. The summed E-state index contributed by atoms with van der Waals surface area (Å²) < 4.78 is 5.27. The van der Waals surface area contributed by atoms with E-state index in [0.29, 0.717) is 0 Å². The number of hydrogen-bond donors (Lipinski definition) is 2. The first-order valence-electron chi connectivity index (χ1n) is 7.29. The highest BCUT2D eigenvalue weighted by Crippen LogP contribution is 2.29. The highest BCUT2D eigenvalue weighted by atomic mass is 16.5. The Labute approximate surface area is 125 Å². The molecule has 0 aromatic heterocycles. The summed E-state index contributed by atoms with van der Waals surface area (Å²) >= 11 is 0. The van der Waals surface area contributed by atoms with E-state index in [1.807, 2.05) is 32.3 Å². The van der Waals surface area contributed by atoms with Gasteiger partial charge in [-0.15, -0.1) is 0 Å². The van der Waals surface area contributed by atoms with Crippen molar-refractivity contribution in [3.05, 3.63) is 29.8 Å². The number of hydrogen-bond acceptors (Lipinski definition) is 4. The van der Waals surface area contributed by atoms with Gasteiger partial charge in [0, 0.05) is 18.6 Å². The molecule has 0 spiro atoms. The van der Waals surface area contributed by atoms with Crippen LogP contribution in [0.4, 0.5) is 0 Å². The predicted octanol–water partition coefficient (Wildman–Crippen LogP) is 1.75. The van der Waals surface area contributed by atoms with Crippen LogP contribution in [0.2, 0.25) is 0 Å². The molecule has 21 heavy (non-hydrogen) atoms. The summed E-state index contributed by atoms with van der Waals surface area (Å²) in [4.78, 5) is 13.2. The van der Waals surface area contributed by atoms with Gasteiger partial charge in [0.1, 0.15) is 5.75 Å². The van der Waals surface area contributed by atoms with Gasteiger partial charge in [-0.3, -0.25) is 4.79 Å². The Morgan fingerprint density at radius 2 is 2.24 bits per heavy atom. The highest BCUT2D eigenvalue weighted by molar-refractivity contribution is 5.72. The lowest BCUT2D eigenvalue weighted by atomic mass is 9.79. The minimum Gasteiger partial charge on any atom is -0.497 e. The van der Waals surface area contributed by atoms with E-state index < -0.39 is 5.97 Å². The summed E-state index contributed by atoms with van der Waals surface area (Å²) in [5.74, 6) is -0.0916. The van der Waals surface area contributed by atoms with E-state index >= 15 is 0 Å². The molecule has 5 heteroatoms. The molecule has 2 rings (SSSR count). The fourth-order valence-corrected chi connectivity index (χ4v) is 2.75. The van der Waals surface area contributed by atoms with Crippen molar-refractivity contribution in [3.63, 3.8) is 0 Å². The van der Waals surface area contributed by atoms with E-state index in [4.69, 9.17) is 9.84 Å². The maximum Gasteiger partial charge on any atom is 0.308 e. The lowest BCUT2D eigenvalue weighted by molar-refractivity contribution is -0.146. The molecule has 0 saturated heterocycles. The molecule has 1 aromatic rings. The molecule has 0 heterocycles. The number of nitrogens with zero attached hydrogens (tertiary/aromatic N) is 1. The molecule has 1 aliphatic carbocycles. The van der Waals surface area contributed by atoms with E-state index in [9.17, 15) is 4.79 Å². The Morgan fingerprint density at radius 3 is 2.76 bits per heavy atom. The molecule has 1 saturated carbocycles. The minimum atomic E-state index is -0.693. The van der Waals surface area contributed by atoms with Gasteiger partial charge in [0.05, 0.1) is 13.0 Å². The summed E-state index contributed by atoms with van der Waals surface area (Å²) in [5, 5.41) is 12.5. The highest BCUT2D eigenvalue weighted by Gasteiger charge is 2.36. The van der Waals surface area contributed by atoms with Crippen LogP contribution in [0.25, 0.3) is 0 Å². The van der Waals surface area contributed by atoms with Gasteiger partial charge in [-0.2, -0.15) is 0 Å². The van der Waals surface area contributed by atoms with Gasteiger partial charge in [-0.1, -0.05) is 12.1 Å². The first-order chi connectivity index (χ1) is 10.0. The predicted molar refractivity (Wildman–Crippen MR) is 81.6 cm³/mol. The summed E-state index contributed by atoms with van der Waals surface area (Å²) in [7, 11) is 5.72. The topological polar surface area (TPSA) is 61.8 Å². The average molecular weight is 292 g/mol. The molecule has 2 N–H and O–H groups in total. The number of aliphatic carboxylic acids is 1. The average Bonchev–Trinajstić information content (AvgIpc) is 2.41. The number of carboxylic acids is 1. The standard InChI is InChI=1S/C16H24N2O3/c1-18(2)15(11-5-4-6-12(9-11)21-3)10-17-14-8-7-13(14)16(19)20/h4-6,9,13-15,17H,7-8,10H2,1-3H3,(H,19,20). The molecule has 1 fully saturated rings. The van der Waals surface area contributed by atoms with Crippen LogP contribution in [0.1, 0.15) is 24.4 Å². The van der Waals surface area contributed by atoms with Crippen molar-refractivity contribution in [1.29, 1.82) is 0 Å². The van der Waals surface area contributed by atoms with Crippen molar-refractivity contribution < 1.29 is 14.6 Å². The second-order valence-electron chi connectivity index (χ2n) is 5.79. The lowest BCUT2D eigenvalue weighted by Gasteiger charge is -2.36. The first kappa shape index (κ1) is 15.8. The number of benzene rings is 1. The van der Waals surface area contributed by atoms with Crippen molar-refractivity contribution in [2.45, 2.75) is 24.9 Å². The third-order valence-electron chi connectivity index (χ3n) is 4.27. The van der Waals surface area contributed by atoms with Gasteiger partial charge >= 0.3 is 5.97 Å². The molecular formula is C16H24N2O3. The van der Waals surface area contributed by atoms with Gasteiger partial charge in [0.25, 0.3) is 0 Å². The summed E-state index contributed by atoms with van der Waals surface area (Å²) in [6.07, 6.45) is 1.72. The maximum absolute atomic E-state index is 11.1. The number of carbonyl (C=O) groups is 1. The van der Waals surface area contributed by atoms with Crippen molar-refractivity contribution in [3.8, 4) is 5.75 Å². The quantitative estimate of drug-likeness (QED) is 0.802. The molecule has 116 valence electrons. The van der Waals surface area contributed by atoms with Crippen LogP contribution >= 0.6 is 0 Å². The number of methoxy groups -OCH3 is 1. The molecule has 5 nitrogen and oxygen atoms in total. The van der Waals surface area contributed by atoms with Gasteiger partial charge in [0.2, 0.25) is 0 Å². The van der Waals surface area contributed by atoms with Crippen molar-refractivity contribution in [2.24, 2.45) is 5.92 Å². The molecule has 0 bridgehead atoms. The van der Waals surface area contributed by atoms with E-state index in [1.54, 1.807) is 7.11 Å². The van der Waals surface area contributed by atoms with Crippen LogP contribution in [0, 0.1) is 5.92 Å². The molecule has 3 atom stereocenters. The second kappa shape index (κ2) is 6.91. The molecule has 0 aliphatic heterocycles. The van der Waals surface area contributed by atoms with Crippen LogP contribution < -0.4 is 10.1 Å². The van der Waals surface area contributed by atoms with Gasteiger partial charge < -0.3 is 20.1 Å². The van der Waals surface area contributed by atoms with E-state index in [1.165, 1.54) is 0 Å². The zero-order valence-electron chi connectivity index (χ0n) is 12.9. The third kappa shape index (κ3) is 3.74. The van der Waals surface area contributed by atoms with Crippen LogP contribution in [-0.4, -0.2) is 49.8 Å².